The van der Waals surface area contributed by atoms with Gasteiger partial charge in [0.2, 0.25) is 0 Å². The number of anilines is 2. The van der Waals surface area contributed by atoms with Crippen LogP contribution in [-0.4, -0.2) is 34.0 Å². The standard InChI is InChI=1S/C19H17N5O3/c1-4-27-19(26)15-14-7-5-6-10-24(14)18(25)13(11-20)16(15)23(3)17-12(2)21-8-9-22-17/h5-10H,4H2,1-3H3. The molecule has 0 spiro atoms. The van der Waals surface area contributed by atoms with Crippen LogP contribution in [0.5, 0.6) is 0 Å². The third-order valence-electron chi connectivity index (χ3n) is 4.12. The number of aryl methyl sites for hydroxylation is 1. The summed E-state index contributed by atoms with van der Waals surface area (Å²) in [7, 11) is 1.63. The van der Waals surface area contributed by atoms with E-state index in [1.54, 1.807) is 45.3 Å². The monoisotopic (exact) mass is 363 g/mol. The molecule has 27 heavy (non-hydrogen) atoms. The van der Waals surface area contributed by atoms with Crippen LogP contribution in [0, 0.1) is 18.3 Å². The van der Waals surface area contributed by atoms with E-state index < -0.39 is 11.5 Å². The molecule has 3 aromatic rings. The van der Waals surface area contributed by atoms with Gasteiger partial charge in [0.25, 0.3) is 5.56 Å². The first kappa shape index (κ1) is 18.1. The summed E-state index contributed by atoms with van der Waals surface area (Å²) in [6, 6.07) is 6.93. The van der Waals surface area contributed by atoms with E-state index in [4.69, 9.17) is 4.74 Å². The van der Waals surface area contributed by atoms with Gasteiger partial charge in [0, 0.05) is 25.6 Å². The Labute approximate surface area is 155 Å². The smallest absolute Gasteiger partial charge is 0.342 e. The third kappa shape index (κ3) is 3.00. The predicted molar refractivity (Wildman–Crippen MR) is 99.2 cm³/mol. The number of fused-ring (bicyclic) bond motifs is 1. The molecule has 0 saturated heterocycles. The molecule has 3 aromatic heterocycles. The van der Waals surface area contributed by atoms with Gasteiger partial charge in [-0.15, -0.1) is 0 Å². The fourth-order valence-corrected chi connectivity index (χ4v) is 2.97. The molecular weight excluding hydrogens is 346 g/mol. The Morgan fingerprint density at radius 2 is 2.07 bits per heavy atom. The number of hydrogen-bond acceptors (Lipinski definition) is 7. The summed E-state index contributed by atoms with van der Waals surface area (Å²) in [5, 5.41) is 9.68. The first-order valence-electron chi connectivity index (χ1n) is 8.27. The normalized spacial score (nSPS) is 10.4. The topological polar surface area (TPSA) is 101 Å². The van der Waals surface area contributed by atoms with Crippen LogP contribution < -0.4 is 10.5 Å². The van der Waals surface area contributed by atoms with Crippen LogP contribution in [-0.2, 0) is 4.74 Å². The van der Waals surface area contributed by atoms with Crippen molar-refractivity contribution in [1.82, 2.24) is 14.4 Å². The summed E-state index contributed by atoms with van der Waals surface area (Å²) in [5.41, 5.74) is 0.519. The van der Waals surface area contributed by atoms with E-state index in [9.17, 15) is 14.9 Å². The molecule has 3 heterocycles. The van der Waals surface area contributed by atoms with Crippen molar-refractivity contribution in [3.63, 3.8) is 0 Å². The van der Waals surface area contributed by atoms with Crippen LogP contribution in [0.1, 0.15) is 28.5 Å². The average molecular weight is 363 g/mol. The lowest BCUT2D eigenvalue weighted by atomic mass is 10.1. The number of pyridine rings is 2. The Hall–Kier alpha value is -3.73. The van der Waals surface area contributed by atoms with Gasteiger partial charge in [-0.1, -0.05) is 6.07 Å². The number of nitriles is 1. The van der Waals surface area contributed by atoms with Gasteiger partial charge < -0.3 is 9.64 Å². The lowest BCUT2D eigenvalue weighted by Gasteiger charge is -2.24. The van der Waals surface area contributed by atoms with Crippen molar-refractivity contribution in [2.45, 2.75) is 13.8 Å². The van der Waals surface area contributed by atoms with Crippen molar-refractivity contribution < 1.29 is 9.53 Å². The number of rotatable bonds is 4. The first-order valence-corrected chi connectivity index (χ1v) is 8.27. The molecule has 0 aliphatic rings. The fourth-order valence-electron chi connectivity index (χ4n) is 2.97. The van der Waals surface area contributed by atoms with Crippen molar-refractivity contribution in [3.05, 3.63) is 64.0 Å². The van der Waals surface area contributed by atoms with Crippen LogP contribution in [0.2, 0.25) is 0 Å². The molecule has 136 valence electrons. The van der Waals surface area contributed by atoms with Crippen molar-refractivity contribution >= 4 is 23.0 Å². The molecule has 0 amide bonds. The lowest BCUT2D eigenvalue weighted by molar-refractivity contribution is 0.0529. The highest BCUT2D eigenvalue weighted by Crippen LogP contribution is 2.32. The minimum atomic E-state index is -0.624. The van der Waals surface area contributed by atoms with Crippen molar-refractivity contribution in [1.29, 1.82) is 5.26 Å². The number of hydrogen-bond donors (Lipinski definition) is 0. The second kappa shape index (κ2) is 7.25. The zero-order valence-corrected chi connectivity index (χ0v) is 15.1. The minimum Gasteiger partial charge on any atom is -0.462 e. The van der Waals surface area contributed by atoms with Crippen molar-refractivity contribution in [3.8, 4) is 6.07 Å². The maximum atomic E-state index is 12.9. The van der Waals surface area contributed by atoms with Crippen LogP contribution >= 0.6 is 0 Å². The molecule has 3 rings (SSSR count). The maximum absolute atomic E-state index is 12.9. The highest BCUT2D eigenvalue weighted by molar-refractivity contribution is 6.05. The van der Waals surface area contributed by atoms with Gasteiger partial charge >= 0.3 is 5.97 Å². The molecule has 8 nitrogen and oxygen atoms in total. The number of aromatic nitrogens is 3. The molecule has 0 saturated carbocycles. The van der Waals surface area contributed by atoms with E-state index in [0.29, 0.717) is 17.0 Å². The molecule has 0 radical (unpaired) electrons. The lowest BCUT2D eigenvalue weighted by Crippen LogP contribution is -2.27. The Kier molecular flexibility index (Phi) is 4.86. The number of nitrogens with zero attached hydrogens (tertiary/aromatic N) is 5. The average Bonchev–Trinajstić information content (AvgIpc) is 2.68. The number of esters is 1. The summed E-state index contributed by atoms with van der Waals surface area (Å²) in [6.45, 7) is 3.60. The second-order valence-corrected chi connectivity index (χ2v) is 5.72. The van der Waals surface area contributed by atoms with Gasteiger partial charge in [-0.25, -0.2) is 9.78 Å². The number of ether oxygens (including phenoxy) is 1. The van der Waals surface area contributed by atoms with Crippen LogP contribution in [0.15, 0.2) is 41.6 Å². The van der Waals surface area contributed by atoms with Crippen LogP contribution in [0.25, 0.3) is 5.52 Å². The van der Waals surface area contributed by atoms with Gasteiger partial charge in [0.15, 0.2) is 5.82 Å². The molecule has 0 N–H and O–H groups in total. The Morgan fingerprint density at radius 3 is 2.74 bits per heavy atom. The van der Waals surface area contributed by atoms with Gasteiger partial charge in [-0.05, 0) is 26.0 Å². The van der Waals surface area contributed by atoms with Gasteiger partial charge in [-0.2, -0.15) is 5.26 Å². The number of carbonyl (C=O) groups excluding carboxylic acids is 1. The van der Waals surface area contributed by atoms with E-state index in [-0.39, 0.29) is 23.4 Å². The second-order valence-electron chi connectivity index (χ2n) is 5.72. The van der Waals surface area contributed by atoms with Crippen LogP contribution in [0.4, 0.5) is 11.5 Å². The van der Waals surface area contributed by atoms with Gasteiger partial charge in [-0.3, -0.25) is 14.2 Å². The summed E-state index contributed by atoms with van der Waals surface area (Å²) in [6.07, 6.45) is 4.56. The molecule has 0 unspecified atom stereocenters. The Bertz CT molecular complexity index is 1130. The van der Waals surface area contributed by atoms with Crippen LogP contribution in [0.3, 0.4) is 0 Å². The van der Waals surface area contributed by atoms with E-state index in [1.165, 1.54) is 21.7 Å². The maximum Gasteiger partial charge on any atom is 0.342 e. The van der Waals surface area contributed by atoms with Gasteiger partial charge in [0.1, 0.15) is 17.2 Å². The number of carbonyl (C=O) groups is 1. The van der Waals surface area contributed by atoms with Gasteiger partial charge in [0.05, 0.1) is 23.5 Å². The predicted octanol–water partition coefficient (Wildman–Crippen LogP) is 2.21. The zero-order valence-electron chi connectivity index (χ0n) is 15.1. The largest absolute Gasteiger partial charge is 0.462 e. The first-order chi connectivity index (χ1) is 13.0. The van der Waals surface area contributed by atoms with Crippen molar-refractivity contribution in [2.24, 2.45) is 0 Å². The quantitative estimate of drug-likeness (QED) is 0.655. The highest BCUT2D eigenvalue weighted by atomic mass is 16.5. The summed E-state index contributed by atoms with van der Waals surface area (Å²) in [4.78, 5) is 35.6. The highest BCUT2D eigenvalue weighted by Gasteiger charge is 2.27. The van der Waals surface area contributed by atoms with E-state index in [2.05, 4.69) is 9.97 Å². The molecule has 0 atom stereocenters. The molecule has 8 heteroatoms. The zero-order chi connectivity index (χ0) is 19.6. The Morgan fingerprint density at radius 1 is 1.33 bits per heavy atom. The molecule has 0 aliphatic carbocycles. The fraction of sp³-hybridized carbons (Fsp3) is 0.211. The van der Waals surface area contributed by atoms with Crippen molar-refractivity contribution in [2.75, 3.05) is 18.6 Å². The SMILES string of the molecule is CCOC(=O)c1c(N(C)c2nccnc2C)c(C#N)c(=O)n2ccccc12. The third-order valence-corrected chi connectivity index (χ3v) is 4.12. The summed E-state index contributed by atoms with van der Waals surface area (Å²) in [5.74, 6) is -0.194. The molecule has 0 aliphatic heterocycles. The van der Waals surface area contributed by atoms with E-state index in [0.717, 1.165) is 0 Å². The minimum absolute atomic E-state index is 0.126. The summed E-state index contributed by atoms with van der Waals surface area (Å²) >= 11 is 0. The molecule has 0 fully saturated rings. The molecule has 0 bridgehead atoms. The summed E-state index contributed by atoms with van der Waals surface area (Å²) < 4.78 is 6.48. The Balaban J connectivity index is 2.45. The molecular formula is C19H17N5O3. The molecule has 0 aromatic carbocycles. The van der Waals surface area contributed by atoms with E-state index >= 15 is 0 Å². The van der Waals surface area contributed by atoms with E-state index in [1.807, 2.05) is 6.07 Å².